The lowest BCUT2D eigenvalue weighted by Gasteiger charge is -2.27. The van der Waals surface area contributed by atoms with Gasteiger partial charge in [0.1, 0.15) is 34.7 Å². The molecule has 700 valence electrons. The molecule has 14 rings (SSSR count). The minimum absolute atomic E-state index is 0.0242. The molecule has 2 aromatic carbocycles. The summed E-state index contributed by atoms with van der Waals surface area (Å²) in [6.45, 7) is 28.4. The second kappa shape index (κ2) is 52.7. The molecule has 12 atom stereocenters. The highest BCUT2D eigenvalue weighted by molar-refractivity contribution is 7.22. The number of carbonyl (C=O) groups is 5. The molecule has 40 nitrogen and oxygen atoms in total. The van der Waals surface area contributed by atoms with Crippen LogP contribution in [-0.2, 0) is 62.5 Å². The van der Waals surface area contributed by atoms with E-state index in [1.165, 1.54) is 22.5 Å². The van der Waals surface area contributed by atoms with Gasteiger partial charge in [0.2, 0.25) is 0 Å². The average molecular weight is 1820 g/mol. The molecule has 0 fully saturated rings. The van der Waals surface area contributed by atoms with Crippen LogP contribution >= 0.6 is 11.3 Å². The zero-order chi connectivity index (χ0) is 95.0. The quantitative estimate of drug-likeness (QED) is 0.0159. The molecule has 0 saturated heterocycles. The molecule has 0 amide bonds. The van der Waals surface area contributed by atoms with Gasteiger partial charge in [-0.3, -0.25) is 33.9 Å². The largest absolute Gasteiger partial charge is 0.513 e. The molecule has 12 aromatic heterocycles. The predicted octanol–water partition coefficient (Wildman–Crippen LogP) is 13.3. The first kappa shape index (κ1) is 102. The monoisotopic (exact) mass is 1820 g/mol. The Morgan fingerprint density at radius 3 is 1.25 bits per heavy atom. The highest BCUT2D eigenvalue weighted by atomic mass is 32.1. The van der Waals surface area contributed by atoms with E-state index in [1.54, 1.807) is 64.0 Å². The van der Waals surface area contributed by atoms with Crippen molar-refractivity contribution in [1.82, 2.24) is 159 Å². The Bertz CT molecular complexity index is 5670. The summed E-state index contributed by atoms with van der Waals surface area (Å²) in [5, 5.41) is 111. The molecule has 14 aromatic rings. The molecule has 0 saturated carbocycles. The summed E-state index contributed by atoms with van der Waals surface area (Å²) < 4.78 is 2.64. The van der Waals surface area contributed by atoms with Crippen molar-refractivity contribution >= 4 is 72.6 Å². The highest BCUT2D eigenvalue weighted by Gasteiger charge is 2.37. The summed E-state index contributed by atoms with van der Waals surface area (Å²) in [7, 11) is 3.68. The van der Waals surface area contributed by atoms with E-state index < -0.39 is 0 Å². The van der Waals surface area contributed by atoms with Gasteiger partial charge in [-0.2, -0.15) is 46.1 Å². The number of aromatic nitrogens is 31. The number of nitrogen functional groups attached to an aromatic ring is 1. The third-order valence-corrected chi connectivity index (χ3v) is 24.2. The van der Waals surface area contributed by atoms with E-state index >= 15 is 0 Å². The van der Waals surface area contributed by atoms with E-state index in [2.05, 4.69) is 237 Å². The molecule has 0 radical (unpaired) electrons. The van der Waals surface area contributed by atoms with Gasteiger partial charge in [0.25, 0.3) is 0 Å². The Hall–Kier alpha value is -13.9. The van der Waals surface area contributed by atoms with Gasteiger partial charge >= 0.3 is 0 Å². The molecule has 41 heteroatoms. The fourth-order valence-corrected chi connectivity index (χ4v) is 17.6. The van der Waals surface area contributed by atoms with Gasteiger partial charge in [0.05, 0.1) is 39.6 Å². The number of fused-ring (bicyclic) bond motifs is 2. The Morgan fingerprint density at radius 2 is 0.871 bits per heavy atom. The van der Waals surface area contributed by atoms with Crippen LogP contribution in [0.5, 0.6) is 0 Å². The molecule has 0 unspecified atom stereocenters. The summed E-state index contributed by atoms with van der Waals surface area (Å²) in [5.74, 6) is 4.20. The van der Waals surface area contributed by atoms with Gasteiger partial charge in [-0.05, 0) is 170 Å². The number of hydrogen-bond donors (Lipinski definition) is 10. The van der Waals surface area contributed by atoms with Crippen molar-refractivity contribution in [3.8, 4) is 0 Å². The Labute approximate surface area is 770 Å². The molecule has 11 N–H and O–H groups in total. The van der Waals surface area contributed by atoms with Crippen molar-refractivity contribution in [3.05, 3.63) is 215 Å². The first-order valence-electron chi connectivity index (χ1n) is 44.7. The fraction of sp³-hybridized carbons (Fsp3) is 0.484. The van der Waals surface area contributed by atoms with Crippen LogP contribution in [0, 0.1) is 48.3 Å². The summed E-state index contributed by atoms with van der Waals surface area (Å²) in [5.41, 5.74) is 16.0. The Morgan fingerprint density at radius 1 is 0.439 bits per heavy atom. The normalized spacial score (nSPS) is 13.8. The number of tetrazole rings is 6. The van der Waals surface area contributed by atoms with Gasteiger partial charge in [-0.25, -0.2) is 9.97 Å². The smallest absolute Gasteiger partial charge is 0.181 e. The summed E-state index contributed by atoms with van der Waals surface area (Å²) in [4.78, 5) is 77.9. The number of thiazole rings is 1. The van der Waals surface area contributed by atoms with Crippen LogP contribution in [0.3, 0.4) is 0 Å². The summed E-state index contributed by atoms with van der Waals surface area (Å²) in [6, 6.07) is 31.9. The maximum absolute atomic E-state index is 12.2. The number of H-pyrrole nitrogens is 6. The van der Waals surface area contributed by atoms with Crippen LogP contribution in [-0.4, -0.2) is 207 Å². The van der Waals surface area contributed by atoms with Crippen LogP contribution in [0.4, 0.5) is 16.6 Å². The van der Waals surface area contributed by atoms with Crippen LogP contribution in [0.1, 0.15) is 257 Å². The summed E-state index contributed by atoms with van der Waals surface area (Å²) >= 11 is 1.47. The number of nitrogens with two attached hydrogens (primary N) is 1. The van der Waals surface area contributed by atoms with E-state index in [0.29, 0.717) is 72.2 Å². The fourth-order valence-electron chi connectivity index (χ4n) is 16.8. The number of ketones is 5. The number of aryl methyl sites for hydroxylation is 1. The molecular formula is C91H124N34O6S. The number of pyridine rings is 3. The molecule has 0 aliphatic rings. The van der Waals surface area contributed by atoms with Gasteiger partial charge in [0, 0.05) is 133 Å². The second-order valence-corrected chi connectivity index (χ2v) is 34.1. The zero-order valence-electron chi connectivity index (χ0n) is 77.8. The van der Waals surface area contributed by atoms with Crippen molar-refractivity contribution < 1.29 is 29.1 Å². The van der Waals surface area contributed by atoms with Crippen molar-refractivity contribution in [2.24, 2.45) is 41.4 Å². The van der Waals surface area contributed by atoms with Gasteiger partial charge < -0.3 is 21.5 Å². The van der Waals surface area contributed by atoms with E-state index in [9.17, 15) is 29.1 Å². The molecule has 0 spiro atoms. The number of carbonyl (C=O) groups excluding carboxylic acids is 5. The number of nitrogens with one attached hydrogen (secondary N) is 8. The molecular weight excluding hydrogens is 1700 g/mol. The SMILES string of the molecule is C=C(O)[C@@H](C(C)C)[C@H](Cc1ccc(NC)nc1)c1nn[nH]n1.CCC[C@H](C(C)=O)[C@H](Cc1ccc(C)cc1)c1nn[nH]n1.CCC[C@H](C(C)=O)[C@H](Cc1ccc(NC)cn1)c1nn[nH]n1.CCC[C@H](C(C)=O)[C@H](Cc1cccc2sc(N)nc12)c1nn[nH]n1.CCC[C@H](C(C)=O)[C@H](Cc1ccccn1)c1nn[nH]n1.CCC[C@H](C(C)=O)[C@H](Cc1cnn2ncccc12)c1nn[nH]n1. The zero-order valence-corrected chi connectivity index (χ0v) is 78.6. The maximum atomic E-state index is 12.2. The number of allylic oxidation sites excluding steroid dienone is 1. The number of Topliss-reactive ketones (excluding diaryl/α,β-unsaturated/α-hetero) is 5. The third-order valence-electron chi connectivity index (χ3n) is 23.3. The maximum Gasteiger partial charge on any atom is 0.181 e. The number of aliphatic hydroxyl groups excluding tert-OH is 1. The third kappa shape index (κ3) is 29.8. The number of para-hydroxylation sites is 1. The lowest BCUT2D eigenvalue weighted by Crippen LogP contribution is -2.23. The van der Waals surface area contributed by atoms with E-state index in [4.69, 9.17) is 5.73 Å². The Kier molecular flexibility index (Phi) is 40.7. The number of aromatic amines is 6. The average Bonchev–Trinajstić information content (AvgIpc) is 1.70. The van der Waals surface area contributed by atoms with Crippen molar-refractivity contribution in [2.45, 2.75) is 228 Å². The van der Waals surface area contributed by atoms with Gasteiger partial charge in [-0.15, -0.1) is 61.2 Å². The van der Waals surface area contributed by atoms with Gasteiger partial charge in [-0.1, -0.05) is 184 Å². The van der Waals surface area contributed by atoms with E-state index in [1.807, 2.05) is 107 Å². The Balaban J connectivity index is 0.000000178. The minimum Gasteiger partial charge on any atom is -0.513 e. The lowest BCUT2D eigenvalue weighted by molar-refractivity contribution is -0.122. The molecule has 0 aliphatic carbocycles. The van der Waals surface area contributed by atoms with Crippen molar-refractivity contribution in [2.75, 3.05) is 30.5 Å². The first-order chi connectivity index (χ1) is 63.8. The van der Waals surface area contributed by atoms with Crippen LogP contribution in [0.25, 0.3) is 15.7 Å². The van der Waals surface area contributed by atoms with Crippen LogP contribution in [0.2, 0.25) is 0 Å². The number of anilines is 3. The molecule has 132 heavy (non-hydrogen) atoms. The number of rotatable bonds is 43. The molecule has 12 heterocycles. The minimum atomic E-state index is -0.151. The predicted molar refractivity (Wildman–Crippen MR) is 499 cm³/mol. The number of benzene rings is 2. The number of hydrogen-bond acceptors (Lipinski definition) is 34. The van der Waals surface area contributed by atoms with E-state index in [0.717, 1.165) is 126 Å². The van der Waals surface area contributed by atoms with Gasteiger partial charge in [0.15, 0.2) is 40.1 Å². The summed E-state index contributed by atoms with van der Waals surface area (Å²) in [6.07, 6.45) is 21.5. The van der Waals surface area contributed by atoms with Crippen molar-refractivity contribution in [1.29, 1.82) is 0 Å². The van der Waals surface area contributed by atoms with Crippen LogP contribution in [0.15, 0.2) is 140 Å². The topological polar surface area (TPSA) is 564 Å². The molecule has 0 aliphatic heterocycles. The van der Waals surface area contributed by atoms with E-state index in [-0.39, 0.29) is 112 Å². The second-order valence-electron chi connectivity index (χ2n) is 33.1. The van der Waals surface area contributed by atoms with Crippen LogP contribution < -0.4 is 16.4 Å². The van der Waals surface area contributed by atoms with Crippen molar-refractivity contribution in [3.63, 3.8) is 0 Å². The molecule has 0 bridgehead atoms. The standard InChI is InChI=1S/C16H20N6OS.C16H22N4O.C15H19N7O.2C15H22N6O.C14H19N5O/c1-3-5-11(9(2)23)12(15-19-21-22-20-15)8-10-6-4-7-13-14(10)18-16(17)24-13;1-4-5-14(12(3)21)15(16-17-19-20-18-16)10-13-8-6-11(2)7-9-13;1-3-5-12(10(2)23)13(15-18-20-21-19-15)8-11-9-17-22-14(11)6-4-7-16-22;1-9(2)14(10(3)22)12(15-18-20-21-19-15)7-11-5-6-13(16-4)17-8-11;1-4-5-13(10(2)22)14(15-18-20-21-19-15)8-11-6-7-12(16-3)9-17-11;1-3-6-12(10(2)20)13(14-16-18-19-17-14)9-11-7-4-5-8-15-11/h4,6-7,11-12H,3,5,8H2,1-2H3,(H2,17,18)(H,19,20,21,22);6-9,14-15H,4-5,10H2,1-3H3,(H,17,18,19,20);4,6-7,9,12-13H,3,5,8H2,1-2H3,(H,18,19,20,21);5-6,8-9,12,14,22H,3,7H2,1-2,4H3,(H,16,17)(H,18,19,20,21);6-7,9,13-14,16H,4-5,8H2,1-3H3,(H,18,19,20,21);4-5,7-8,12-13H,3,6,9H2,1-2H3,(H,16,17,18,19)/t11-,12+;14-,15+;12-,13+;12-,14+;13-,14+;12-,13+/m111011/s1. The first-order valence-corrected chi connectivity index (χ1v) is 45.6. The highest BCUT2D eigenvalue weighted by Crippen LogP contribution is 2.39. The number of aliphatic hydroxyl groups is 1. The lowest BCUT2D eigenvalue weighted by atomic mass is 9.78. The number of nitrogens with zero attached hydrogens (tertiary/aromatic N) is 25.